The predicted octanol–water partition coefficient (Wildman–Crippen LogP) is 3.13. The first kappa shape index (κ1) is 25.4. The van der Waals surface area contributed by atoms with Crippen LogP contribution < -0.4 is 39.9 Å². The molecule has 2 aromatic carbocycles. The van der Waals surface area contributed by atoms with Crippen LogP contribution in [0.15, 0.2) is 24.3 Å². The van der Waals surface area contributed by atoms with E-state index in [2.05, 4.69) is 0 Å². The zero-order valence-electron chi connectivity index (χ0n) is 20.1. The molecular weight excluding hydrogens is 412 g/mol. The van der Waals surface area contributed by atoms with Gasteiger partial charge in [-0.2, -0.15) is 0 Å². The Balaban J connectivity index is 2.44. The summed E-state index contributed by atoms with van der Waals surface area (Å²) < 4.78 is 33.5. The van der Waals surface area contributed by atoms with Crippen LogP contribution >= 0.6 is 0 Å². The summed E-state index contributed by atoms with van der Waals surface area (Å²) in [7, 11) is 8.00. The summed E-state index contributed by atoms with van der Waals surface area (Å²) in [5.74, 6) is 3.51. The molecule has 2 atom stereocenters. The molecule has 0 aliphatic carbocycles. The molecule has 0 saturated carbocycles. The molecule has 2 rings (SSSR count). The van der Waals surface area contributed by atoms with Crippen molar-refractivity contribution < 1.29 is 28.4 Å². The molecule has 178 valence electrons. The number of rotatable bonds is 12. The van der Waals surface area contributed by atoms with E-state index in [4.69, 9.17) is 39.9 Å². The van der Waals surface area contributed by atoms with Crippen LogP contribution in [0.25, 0.3) is 0 Å². The van der Waals surface area contributed by atoms with Crippen molar-refractivity contribution in [2.24, 2.45) is 11.5 Å². The molecule has 0 fully saturated rings. The summed E-state index contributed by atoms with van der Waals surface area (Å²) in [6.07, 6.45) is 0.491. The van der Waals surface area contributed by atoms with Gasteiger partial charge in [-0.05, 0) is 38.0 Å². The molecule has 0 bridgehead atoms. The van der Waals surface area contributed by atoms with Gasteiger partial charge in [-0.3, -0.25) is 0 Å². The second kappa shape index (κ2) is 11.7. The number of ether oxygens (including phenoxy) is 6. The molecular formula is C24H36N2O6. The Bertz CT molecular complexity index is 887. The second-order valence-corrected chi connectivity index (χ2v) is 7.64. The van der Waals surface area contributed by atoms with E-state index in [1.807, 2.05) is 32.0 Å². The van der Waals surface area contributed by atoms with Crippen LogP contribution in [0.3, 0.4) is 0 Å². The minimum atomic E-state index is -0.331. The molecule has 0 aliphatic rings. The van der Waals surface area contributed by atoms with Gasteiger partial charge < -0.3 is 39.9 Å². The van der Waals surface area contributed by atoms with E-state index in [0.717, 1.165) is 11.1 Å². The summed E-state index contributed by atoms with van der Waals surface area (Å²) in [4.78, 5) is 0. The van der Waals surface area contributed by atoms with E-state index in [0.29, 0.717) is 47.5 Å². The minimum Gasteiger partial charge on any atom is -0.496 e. The standard InChI is InChI=1S/C24H36N2O6/c1-14(2)32-24-12-20(28-4)16(10-22(24)30-6)17(13-25)18(26)8-15-9-21(29-5)23(31-7)11-19(15)27-3/h9-12,14,17-18H,8,13,25-26H2,1-7H3. The lowest BCUT2D eigenvalue weighted by Crippen LogP contribution is -2.35. The molecule has 32 heavy (non-hydrogen) atoms. The molecule has 0 aliphatic heterocycles. The van der Waals surface area contributed by atoms with E-state index in [-0.39, 0.29) is 18.1 Å². The van der Waals surface area contributed by atoms with E-state index in [1.54, 1.807) is 41.6 Å². The molecule has 0 amide bonds. The van der Waals surface area contributed by atoms with Gasteiger partial charge in [0, 0.05) is 36.2 Å². The third-order valence-corrected chi connectivity index (χ3v) is 5.29. The maximum atomic E-state index is 6.68. The minimum absolute atomic E-state index is 0.00969. The van der Waals surface area contributed by atoms with Crippen molar-refractivity contribution in [2.75, 3.05) is 42.1 Å². The molecule has 8 nitrogen and oxygen atoms in total. The molecule has 0 heterocycles. The van der Waals surface area contributed by atoms with Crippen LogP contribution in [0, 0.1) is 0 Å². The van der Waals surface area contributed by atoms with Crippen LogP contribution in [-0.2, 0) is 6.42 Å². The number of nitrogens with two attached hydrogens (primary N) is 2. The van der Waals surface area contributed by atoms with Gasteiger partial charge in [0.25, 0.3) is 0 Å². The molecule has 0 saturated heterocycles. The van der Waals surface area contributed by atoms with Gasteiger partial charge >= 0.3 is 0 Å². The zero-order valence-corrected chi connectivity index (χ0v) is 20.1. The van der Waals surface area contributed by atoms with Gasteiger partial charge in [0.15, 0.2) is 23.0 Å². The van der Waals surface area contributed by atoms with Crippen LogP contribution in [0.1, 0.15) is 30.9 Å². The molecule has 0 spiro atoms. The SMILES string of the molecule is COc1cc(OC)c(OC)cc1CC(N)C(CN)c1cc(OC)c(OC(C)C)cc1OC. The first-order chi connectivity index (χ1) is 15.3. The number of benzene rings is 2. The van der Waals surface area contributed by atoms with Crippen LogP contribution in [0.4, 0.5) is 0 Å². The van der Waals surface area contributed by atoms with Crippen molar-refractivity contribution in [1.29, 1.82) is 0 Å². The van der Waals surface area contributed by atoms with Crippen molar-refractivity contribution in [2.45, 2.75) is 38.3 Å². The molecule has 2 unspecified atom stereocenters. The highest BCUT2D eigenvalue weighted by Gasteiger charge is 2.26. The van der Waals surface area contributed by atoms with E-state index < -0.39 is 0 Å². The van der Waals surface area contributed by atoms with Crippen molar-refractivity contribution in [3.63, 3.8) is 0 Å². The highest BCUT2D eigenvalue weighted by atomic mass is 16.5. The van der Waals surface area contributed by atoms with Gasteiger partial charge in [-0.15, -0.1) is 0 Å². The Hall–Kier alpha value is -2.84. The summed E-state index contributed by atoms with van der Waals surface area (Å²) in [5.41, 5.74) is 14.6. The van der Waals surface area contributed by atoms with Crippen LogP contribution in [-0.4, -0.2) is 54.2 Å². The molecule has 4 N–H and O–H groups in total. The Morgan fingerprint density at radius 1 is 0.688 bits per heavy atom. The van der Waals surface area contributed by atoms with Crippen molar-refractivity contribution in [3.05, 3.63) is 35.4 Å². The fourth-order valence-electron chi connectivity index (χ4n) is 3.71. The third-order valence-electron chi connectivity index (χ3n) is 5.29. The maximum Gasteiger partial charge on any atom is 0.165 e. The van der Waals surface area contributed by atoms with Gasteiger partial charge in [0.2, 0.25) is 0 Å². The number of hydrogen-bond acceptors (Lipinski definition) is 8. The predicted molar refractivity (Wildman–Crippen MR) is 125 cm³/mol. The maximum absolute atomic E-state index is 6.68. The summed E-state index contributed by atoms with van der Waals surface area (Å²) in [6, 6.07) is 7.05. The Morgan fingerprint density at radius 3 is 1.69 bits per heavy atom. The average molecular weight is 449 g/mol. The van der Waals surface area contributed by atoms with Crippen molar-refractivity contribution in [3.8, 4) is 34.5 Å². The lowest BCUT2D eigenvalue weighted by Gasteiger charge is -2.27. The second-order valence-electron chi connectivity index (χ2n) is 7.64. The highest BCUT2D eigenvalue weighted by molar-refractivity contribution is 5.54. The monoisotopic (exact) mass is 448 g/mol. The fourth-order valence-corrected chi connectivity index (χ4v) is 3.71. The summed E-state index contributed by atoms with van der Waals surface area (Å²) >= 11 is 0. The van der Waals surface area contributed by atoms with E-state index in [1.165, 1.54) is 0 Å². The van der Waals surface area contributed by atoms with Gasteiger partial charge in [0.1, 0.15) is 11.5 Å². The van der Waals surface area contributed by atoms with E-state index in [9.17, 15) is 0 Å². The molecule has 0 aromatic heterocycles. The lowest BCUT2D eigenvalue weighted by atomic mass is 9.87. The summed E-state index contributed by atoms with van der Waals surface area (Å²) in [5, 5.41) is 0. The van der Waals surface area contributed by atoms with Crippen LogP contribution in [0.5, 0.6) is 34.5 Å². The third kappa shape index (κ3) is 5.69. The smallest absolute Gasteiger partial charge is 0.165 e. The summed E-state index contributed by atoms with van der Waals surface area (Å²) in [6.45, 7) is 4.23. The number of methoxy groups -OCH3 is 5. The number of hydrogen-bond donors (Lipinski definition) is 2. The largest absolute Gasteiger partial charge is 0.496 e. The van der Waals surface area contributed by atoms with Crippen molar-refractivity contribution in [1.82, 2.24) is 0 Å². The average Bonchev–Trinajstić information content (AvgIpc) is 2.79. The first-order valence-electron chi connectivity index (χ1n) is 10.5. The quantitative estimate of drug-likeness (QED) is 0.510. The first-order valence-corrected chi connectivity index (χ1v) is 10.5. The Morgan fingerprint density at radius 2 is 1.19 bits per heavy atom. The highest BCUT2D eigenvalue weighted by Crippen LogP contribution is 2.41. The van der Waals surface area contributed by atoms with Crippen molar-refractivity contribution >= 4 is 0 Å². The van der Waals surface area contributed by atoms with Gasteiger partial charge in [-0.25, -0.2) is 0 Å². The topological polar surface area (TPSA) is 107 Å². The van der Waals surface area contributed by atoms with Gasteiger partial charge in [-0.1, -0.05) is 0 Å². The molecule has 8 heteroatoms. The molecule has 2 aromatic rings. The zero-order chi connectivity index (χ0) is 23.8. The van der Waals surface area contributed by atoms with Crippen LogP contribution in [0.2, 0.25) is 0 Å². The van der Waals surface area contributed by atoms with E-state index >= 15 is 0 Å². The Labute approximate surface area is 190 Å². The molecule has 0 radical (unpaired) electrons. The Kier molecular flexibility index (Phi) is 9.28. The fraction of sp³-hybridized carbons (Fsp3) is 0.500. The lowest BCUT2D eigenvalue weighted by molar-refractivity contribution is 0.228. The normalized spacial score (nSPS) is 12.8. The van der Waals surface area contributed by atoms with Gasteiger partial charge in [0.05, 0.1) is 41.7 Å².